The molecule has 0 radical (unpaired) electrons. The van der Waals surface area contributed by atoms with Crippen molar-refractivity contribution in [2.45, 2.75) is 19.4 Å². The SMILES string of the molecule is CC[C@H](NC(=O)COc1ccc2nsnc2c1)c1ccc(F)cc1. The quantitative estimate of drug-likeness (QED) is 0.743. The summed E-state index contributed by atoms with van der Waals surface area (Å²) in [6.07, 6.45) is 0.702. The normalized spacial score (nSPS) is 12.1. The smallest absolute Gasteiger partial charge is 0.258 e. The van der Waals surface area contributed by atoms with Crippen LogP contribution in [0.4, 0.5) is 4.39 Å². The lowest BCUT2D eigenvalue weighted by Gasteiger charge is -2.17. The minimum atomic E-state index is -0.296. The maximum atomic E-state index is 13.0. The van der Waals surface area contributed by atoms with Gasteiger partial charge < -0.3 is 10.1 Å². The Balaban J connectivity index is 1.58. The molecule has 0 unspecified atom stereocenters. The molecular weight excluding hydrogens is 329 g/mol. The fourth-order valence-corrected chi connectivity index (χ4v) is 2.87. The lowest BCUT2D eigenvalue weighted by molar-refractivity contribution is -0.123. The van der Waals surface area contributed by atoms with Crippen LogP contribution < -0.4 is 10.1 Å². The van der Waals surface area contributed by atoms with E-state index in [1.807, 2.05) is 6.92 Å². The highest BCUT2D eigenvalue weighted by molar-refractivity contribution is 7.00. The van der Waals surface area contributed by atoms with Gasteiger partial charge in [0.15, 0.2) is 6.61 Å². The van der Waals surface area contributed by atoms with Gasteiger partial charge in [-0.2, -0.15) is 8.75 Å². The number of hydrogen-bond acceptors (Lipinski definition) is 5. The molecule has 0 aliphatic rings. The van der Waals surface area contributed by atoms with E-state index in [0.717, 1.165) is 28.3 Å². The molecule has 1 heterocycles. The summed E-state index contributed by atoms with van der Waals surface area (Å²) in [5.74, 6) is 0.0399. The Morgan fingerprint density at radius 2 is 1.96 bits per heavy atom. The molecule has 2 aromatic carbocycles. The number of fused-ring (bicyclic) bond motifs is 1. The molecule has 0 bridgehead atoms. The summed E-state index contributed by atoms with van der Waals surface area (Å²) in [5, 5.41) is 2.89. The zero-order valence-electron chi connectivity index (χ0n) is 13.0. The predicted molar refractivity (Wildman–Crippen MR) is 90.5 cm³/mol. The van der Waals surface area contributed by atoms with Crippen molar-refractivity contribution in [3.8, 4) is 5.75 Å². The maximum absolute atomic E-state index is 13.0. The third-order valence-electron chi connectivity index (χ3n) is 3.61. The second kappa shape index (κ2) is 7.35. The van der Waals surface area contributed by atoms with Crippen LogP contribution in [0.5, 0.6) is 5.75 Å². The second-order valence-corrected chi connectivity index (χ2v) is 5.81. The molecule has 1 amide bonds. The van der Waals surface area contributed by atoms with E-state index in [2.05, 4.69) is 14.1 Å². The fraction of sp³-hybridized carbons (Fsp3) is 0.235. The van der Waals surface area contributed by atoms with Crippen LogP contribution in [-0.2, 0) is 4.79 Å². The molecule has 5 nitrogen and oxygen atoms in total. The molecule has 3 aromatic rings. The van der Waals surface area contributed by atoms with Gasteiger partial charge in [-0.25, -0.2) is 4.39 Å². The van der Waals surface area contributed by atoms with E-state index in [0.29, 0.717) is 12.2 Å². The monoisotopic (exact) mass is 345 g/mol. The van der Waals surface area contributed by atoms with Gasteiger partial charge in [-0.15, -0.1) is 0 Å². The minimum Gasteiger partial charge on any atom is -0.484 e. The molecule has 0 aliphatic heterocycles. The van der Waals surface area contributed by atoms with E-state index in [4.69, 9.17) is 4.74 Å². The molecule has 3 rings (SSSR count). The van der Waals surface area contributed by atoms with Gasteiger partial charge in [-0.05, 0) is 36.2 Å². The molecule has 1 aromatic heterocycles. The zero-order chi connectivity index (χ0) is 16.9. The summed E-state index contributed by atoms with van der Waals surface area (Å²) in [6.45, 7) is 1.86. The molecule has 1 atom stereocenters. The Morgan fingerprint density at radius 3 is 2.71 bits per heavy atom. The molecule has 1 N–H and O–H groups in total. The fourth-order valence-electron chi connectivity index (χ4n) is 2.35. The van der Waals surface area contributed by atoms with E-state index in [1.165, 1.54) is 12.1 Å². The first-order valence-corrected chi connectivity index (χ1v) is 8.28. The number of amides is 1. The standard InChI is InChI=1S/C17H16FN3O2S/c1-2-14(11-3-5-12(18)6-4-11)19-17(22)10-23-13-7-8-15-16(9-13)21-24-20-15/h3-9,14H,2,10H2,1H3,(H,19,22)/t14-/m0/s1. The topological polar surface area (TPSA) is 64.1 Å². The largest absolute Gasteiger partial charge is 0.484 e. The minimum absolute atomic E-state index is 0.0965. The number of carbonyl (C=O) groups excluding carboxylic acids is 1. The zero-order valence-corrected chi connectivity index (χ0v) is 13.8. The number of rotatable bonds is 6. The number of nitrogens with zero attached hydrogens (tertiary/aromatic N) is 2. The Kier molecular flexibility index (Phi) is 5.00. The summed E-state index contributed by atoms with van der Waals surface area (Å²) >= 11 is 1.13. The van der Waals surface area contributed by atoms with E-state index in [-0.39, 0.29) is 24.4 Å². The average Bonchev–Trinajstić information content (AvgIpc) is 3.06. The first-order valence-electron chi connectivity index (χ1n) is 7.55. The number of ether oxygens (including phenoxy) is 1. The molecule has 124 valence electrons. The summed E-state index contributed by atoms with van der Waals surface area (Å²) in [5.41, 5.74) is 2.41. The van der Waals surface area contributed by atoms with Gasteiger partial charge in [0.1, 0.15) is 22.6 Å². The first-order chi connectivity index (χ1) is 11.7. The average molecular weight is 345 g/mol. The highest BCUT2D eigenvalue weighted by atomic mass is 32.1. The van der Waals surface area contributed by atoms with Crippen molar-refractivity contribution in [1.29, 1.82) is 0 Å². The summed E-state index contributed by atoms with van der Waals surface area (Å²) < 4.78 is 26.8. The predicted octanol–water partition coefficient (Wildman–Crippen LogP) is 3.48. The maximum Gasteiger partial charge on any atom is 0.258 e. The van der Waals surface area contributed by atoms with Crippen molar-refractivity contribution in [2.75, 3.05) is 6.61 Å². The van der Waals surface area contributed by atoms with Gasteiger partial charge in [0, 0.05) is 6.07 Å². The molecule has 0 aliphatic carbocycles. The van der Waals surface area contributed by atoms with E-state index >= 15 is 0 Å². The Bertz CT molecular complexity index is 835. The Labute approximate surface area is 142 Å². The van der Waals surface area contributed by atoms with E-state index < -0.39 is 0 Å². The molecular formula is C17H16FN3O2S. The number of benzene rings is 2. The van der Waals surface area contributed by atoms with Crippen LogP contribution in [0.1, 0.15) is 24.9 Å². The van der Waals surface area contributed by atoms with Crippen LogP contribution in [0.3, 0.4) is 0 Å². The first kappa shape index (κ1) is 16.3. The lowest BCUT2D eigenvalue weighted by atomic mass is 10.0. The second-order valence-electron chi connectivity index (χ2n) is 5.28. The molecule has 7 heteroatoms. The van der Waals surface area contributed by atoms with Gasteiger partial charge >= 0.3 is 0 Å². The lowest BCUT2D eigenvalue weighted by Crippen LogP contribution is -2.32. The molecule has 0 spiro atoms. The van der Waals surface area contributed by atoms with Gasteiger partial charge in [0.25, 0.3) is 5.91 Å². The van der Waals surface area contributed by atoms with Gasteiger partial charge in [-0.3, -0.25) is 4.79 Å². The van der Waals surface area contributed by atoms with Crippen LogP contribution in [0.15, 0.2) is 42.5 Å². The van der Waals surface area contributed by atoms with Gasteiger partial charge in [0.2, 0.25) is 0 Å². The number of carbonyl (C=O) groups is 1. The van der Waals surface area contributed by atoms with Crippen LogP contribution in [-0.4, -0.2) is 21.3 Å². The summed E-state index contributed by atoms with van der Waals surface area (Å²) in [7, 11) is 0. The Hall–Kier alpha value is -2.54. The van der Waals surface area contributed by atoms with Crippen LogP contribution in [0.25, 0.3) is 11.0 Å². The Morgan fingerprint density at radius 1 is 1.21 bits per heavy atom. The molecule has 0 saturated carbocycles. The number of aromatic nitrogens is 2. The summed E-state index contributed by atoms with van der Waals surface area (Å²) in [4.78, 5) is 12.1. The van der Waals surface area contributed by atoms with Crippen molar-refractivity contribution in [3.05, 3.63) is 53.8 Å². The van der Waals surface area contributed by atoms with Crippen molar-refractivity contribution < 1.29 is 13.9 Å². The number of halogens is 1. The van der Waals surface area contributed by atoms with Gasteiger partial charge in [-0.1, -0.05) is 19.1 Å². The van der Waals surface area contributed by atoms with Crippen LogP contribution >= 0.6 is 11.7 Å². The molecule has 24 heavy (non-hydrogen) atoms. The van der Waals surface area contributed by atoms with Crippen LogP contribution in [0, 0.1) is 5.82 Å². The van der Waals surface area contributed by atoms with Crippen molar-refractivity contribution in [2.24, 2.45) is 0 Å². The third-order valence-corrected chi connectivity index (χ3v) is 4.17. The van der Waals surface area contributed by atoms with Crippen LogP contribution in [0.2, 0.25) is 0 Å². The summed E-state index contributed by atoms with van der Waals surface area (Å²) in [6, 6.07) is 11.3. The molecule has 0 fully saturated rings. The van der Waals surface area contributed by atoms with Crippen molar-refractivity contribution in [1.82, 2.24) is 14.1 Å². The van der Waals surface area contributed by atoms with E-state index in [9.17, 15) is 9.18 Å². The highest BCUT2D eigenvalue weighted by Gasteiger charge is 2.13. The third kappa shape index (κ3) is 3.86. The number of hydrogen-bond donors (Lipinski definition) is 1. The number of nitrogens with one attached hydrogen (secondary N) is 1. The molecule has 0 saturated heterocycles. The van der Waals surface area contributed by atoms with Crippen molar-refractivity contribution >= 4 is 28.7 Å². The highest BCUT2D eigenvalue weighted by Crippen LogP contribution is 2.19. The van der Waals surface area contributed by atoms with Crippen molar-refractivity contribution in [3.63, 3.8) is 0 Å². The van der Waals surface area contributed by atoms with E-state index in [1.54, 1.807) is 30.3 Å². The van der Waals surface area contributed by atoms with Gasteiger partial charge in [0.05, 0.1) is 17.8 Å².